The van der Waals surface area contributed by atoms with Gasteiger partial charge in [-0.3, -0.25) is 19.7 Å². The number of hydrogen-bond acceptors (Lipinski definition) is 5. The molecule has 26 heavy (non-hydrogen) atoms. The zero-order valence-corrected chi connectivity index (χ0v) is 17.0. The normalized spacial score (nSPS) is 20.3. The fourth-order valence-electron chi connectivity index (χ4n) is 3.35. The maximum absolute atomic E-state index is 12.7. The van der Waals surface area contributed by atoms with Crippen LogP contribution in [0.1, 0.15) is 41.6 Å². The third kappa shape index (κ3) is 3.64. The molecule has 3 amide bonds. The average Bonchev–Trinajstić information content (AvgIpc) is 2.92. The van der Waals surface area contributed by atoms with Gasteiger partial charge >= 0.3 is 0 Å². The molecule has 0 radical (unpaired) electrons. The molecule has 1 N–H and O–H groups in total. The van der Waals surface area contributed by atoms with Crippen molar-refractivity contribution in [1.82, 2.24) is 10.2 Å². The number of piperidine rings is 1. The quantitative estimate of drug-likeness (QED) is 0.282. The summed E-state index contributed by atoms with van der Waals surface area (Å²) in [5, 5.41) is 2.24. The van der Waals surface area contributed by atoms with E-state index in [1.165, 1.54) is 11.0 Å². The van der Waals surface area contributed by atoms with Crippen LogP contribution in [-0.2, 0) is 26.0 Å². The fraction of sp³-hybridized carbons (Fsp3) is 0.471. The van der Waals surface area contributed by atoms with Crippen LogP contribution in [0.3, 0.4) is 0 Å². The number of carbonyl (C=O) groups excluding carboxylic acids is 3. The smallest absolute Gasteiger partial charge is 0.255 e. The van der Waals surface area contributed by atoms with Crippen LogP contribution in [0.5, 0.6) is 0 Å². The monoisotopic (exact) mass is 490 g/mol. The number of imide groups is 1. The van der Waals surface area contributed by atoms with Crippen molar-refractivity contribution in [2.75, 3.05) is 10.2 Å². The first-order valence-electron chi connectivity index (χ1n) is 8.40. The molecule has 0 aromatic heterocycles. The average molecular weight is 490 g/mol. The van der Waals surface area contributed by atoms with E-state index in [0.717, 1.165) is 10.8 Å². The van der Waals surface area contributed by atoms with E-state index < -0.39 is 21.8 Å². The second-order valence-corrected chi connectivity index (χ2v) is 9.55. The molecule has 2 heterocycles. The molecule has 1 atom stereocenters. The van der Waals surface area contributed by atoms with Crippen LogP contribution in [0.25, 0.3) is 0 Å². The lowest BCUT2D eigenvalue weighted by atomic mass is 10.0. The molecule has 1 saturated heterocycles. The Morgan fingerprint density at radius 1 is 1.19 bits per heavy atom. The van der Waals surface area contributed by atoms with E-state index in [1.54, 1.807) is 12.1 Å². The van der Waals surface area contributed by atoms with E-state index in [-0.39, 0.29) is 41.8 Å². The van der Waals surface area contributed by atoms with Crippen molar-refractivity contribution in [1.29, 1.82) is 0 Å². The maximum Gasteiger partial charge on any atom is 0.255 e. The lowest BCUT2D eigenvalue weighted by Gasteiger charge is -2.29. The molecule has 1 unspecified atom stereocenters. The number of nitrogens with one attached hydrogen (secondary N) is 1. The molecule has 7 nitrogen and oxygen atoms in total. The number of hydrogen-bond donors (Lipinski definition) is 1. The third-order valence-electron chi connectivity index (χ3n) is 4.67. The van der Waals surface area contributed by atoms with Crippen LogP contribution in [-0.4, -0.2) is 47.3 Å². The Morgan fingerprint density at radius 3 is 2.65 bits per heavy atom. The molecule has 0 aliphatic carbocycles. The highest BCUT2D eigenvalue weighted by Crippen LogP contribution is 2.32. The lowest BCUT2D eigenvalue weighted by Crippen LogP contribution is -2.52. The summed E-state index contributed by atoms with van der Waals surface area (Å²) >= 11 is 2.21. The molecule has 2 aliphatic rings. The summed E-state index contributed by atoms with van der Waals surface area (Å²) in [6.07, 6.45) is 1.80. The Balaban J connectivity index is 1.88. The van der Waals surface area contributed by atoms with Crippen molar-refractivity contribution in [3.05, 3.63) is 29.3 Å². The molecule has 140 valence electrons. The number of unbranched alkanes of at least 4 members (excludes halogenated alkanes) is 1. The van der Waals surface area contributed by atoms with Crippen LogP contribution >= 0.6 is 22.6 Å². The van der Waals surface area contributed by atoms with Gasteiger partial charge in [0, 0.05) is 24.1 Å². The Morgan fingerprint density at radius 2 is 1.96 bits per heavy atom. The first-order chi connectivity index (χ1) is 12.3. The Hall–Kier alpha value is -1.49. The van der Waals surface area contributed by atoms with Gasteiger partial charge in [0.05, 0.1) is 10.6 Å². The number of sulfone groups is 1. The van der Waals surface area contributed by atoms with Crippen LogP contribution < -0.4 is 5.32 Å². The number of amides is 3. The van der Waals surface area contributed by atoms with Crippen LogP contribution in [0.4, 0.5) is 0 Å². The molecule has 1 fully saturated rings. The van der Waals surface area contributed by atoms with Gasteiger partial charge in [-0.1, -0.05) is 28.7 Å². The van der Waals surface area contributed by atoms with E-state index in [4.69, 9.17) is 0 Å². The Bertz CT molecular complexity index is 868. The largest absolute Gasteiger partial charge is 0.322 e. The third-order valence-corrected chi connectivity index (χ3v) is 7.31. The fourth-order valence-corrected chi connectivity index (χ4v) is 5.52. The van der Waals surface area contributed by atoms with E-state index >= 15 is 0 Å². The Labute approximate surface area is 165 Å². The van der Waals surface area contributed by atoms with Crippen molar-refractivity contribution in [3.63, 3.8) is 0 Å². The van der Waals surface area contributed by atoms with Gasteiger partial charge in [0.1, 0.15) is 6.04 Å². The molecular weight excluding hydrogens is 471 g/mol. The molecule has 0 bridgehead atoms. The lowest BCUT2D eigenvalue weighted by molar-refractivity contribution is -0.136. The first-order valence-corrected chi connectivity index (χ1v) is 11.6. The van der Waals surface area contributed by atoms with E-state index in [0.29, 0.717) is 17.5 Å². The SMILES string of the molecule is O=C1CCC(N2Cc3c(cccc3S(=O)(=O)CCCCI)C2=O)C(=O)N1. The van der Waals surface area contributed by atoms with E-state index in [2.05, 4.69) is 27.9 Å². The number of carbonyl (C=O) groups is 3. The summed E-state index contributed by atoms with van der Waals surface area (Å²) in [5.74, 6) is -1.18. The van der Waals surface area contributed by atoms with E-state index in [1.807, 2.05) is 0 Å². The van der Waals surface area contributed by atoms with Gasteiger partial charge in [0.15, 0.2) is 9.84 Å². The molecule has 2 aliphatic heterocycles. The topological polar surface area (TPSA) is 101 Å². The summed E-state index contributed by atoms with van der Waals surface area (Å²) in [6, 6.07) is 3.94. The number of benzene rings is 1. The van der Waals surface area contributed by atoms with Crippen molar-refractivity contribution < 1.29 is 22.8 Å². The zero-order valence-electron chi connectivity index (χ0n) is 14.0. The molecule has 3 rings (SSSR count). The van der Waals surface area contributed by atoms with Gasteiger partial charge in [-0.2, -0.15) is 0 Å². The Kier molecular flexibility index (Phi) is 5.66. The zero-order chi connectivity index (χ0) is 18.9. The summed E-state index contributed by atoms with van der Waals surface area (Å²) in [4.78, 5) is 37.7. The standard InChI is InChI=1S/C17H19IN2O5S/c18-8-1-2-9-26(24,25)14-5-3-4-11-12(14)10-20(17(11)23)13-6-7-15(21)19-16(13)22/h3-5,13H,1-2,6-10H2,(H,19,21,22). The highest BCUT2D eigenvalue weighted by molar-refractivity contribution is 14.1. The molecule has 1 aromatic carbocycles. The summed E-state index contributed by atoms with van der Waals surface area (Å²) in [7, 11) is -3.49. The van der Waals surface area contributed by atoms with E-state index in [9.17, 15) is 22.8 Å². The number of rotatable bonds is 6. The number of nitrogens with zero attached hydrogens (tertiary/aromatic N) is 1. The molecule has 9 heteroatoms. The van der Waals surface area contributed by atoms with Gasteiger partial charge in [-0.05, 0) is 35.8 Å². The van der Waals surface area contributed by atoms with Crippen LogP contribution in [0.2, 0.25) is 0 Å². The minimum absolute atomic E-state index is 0.0407. The molecule has 0 spiro atoms. The van der Waals surface area contributed by atoms with Crippen molar-refractivity contribution in [2.45, 2.75) is 43.2 Å². The van der Waals surface area contributed by atoms with Crippen LogP contribution in [0, 0.1) is 0 Å². The number of alkyl halides is 1. The van der Waals surface area contributed by atoms with Gasteiger partial charge in [0.25, 0.3) is 5.91 Å². The highest BCUT2D eigenvalue weighted by atomic mass is 127. The second-order valence-electron chi connectivity index (χ2n) is 6.40. The second kappa shape index (κ2) is 7.63. The molecular formula is C17H19IN2O5S. The van der Waals surface area contributed by atoms with Gasteiger partial charge in [0.2, 0.25) is 11.8 Å². The summed E-state index contributed by atoms with van der Waals surface area (Å²) in [5.41, 5.74) is 0.779. The summed E-state index contributed by atoms with van der Waals surface area (Å²) < 4.78 is 26.3. The minimum atomic E-state index is -3.49. The van der Waals surface area contributed by atoms with Gasteiger partial charge in [-0.15, -0.1) is 0 Å². The first kappa shape index (κ1) is 19.3. The van der Waals surface area contributed by atoms with Crippen molar-refractivity contribution in [2.24, 2.45) is 0 Å². The maximum atomic E-state index is 12.7. The van der Waals surface area contributed by atoms with Crippen molar-refractivity contribution >= 4 is 50.1 Å². The summed E-state index contributed by atoms with van der Waals surface area (Å²) in [6.45, 7) is 0.0716. The van der Waals surface area contributed by atoms with Gasteiger partial charge in [-0.25, -0.2) is 8.42 Å². The molecule has 1 aromatic rings. The molecule has 0 saturated carbocycles. The number of halogens is 1. The predicted octanol–water partition coefficient (Wildman–Crippen LogP) is 1.44. The highest BCUT2D eigenvalue weighted by Gasteiger charge is 2.40. The number of fused-ring (bicyclic) bond motifs is 1. The van der Waals surface area contributed by atoms with Crippen molar-refractivity contribution in [3.8, 4) is 0 Å². The van der Waals surface area contributed by atoms with Crippen LogP contribution in [0.15, 0.2) is 23.1 Å². The minimum Gasteiger partial charge on any atom is -0.322 e. The predicted molar refractivity (Wildman–Crippen MR) is 103 cm³/mol. The van der Waals surface area contributed by atoms with Gasteiger partial charge < -0.3 is 4.90 Å².